The Morgan fingerprint density at radius 1 is 1.14 bits per heavy atom. The van der Waals surface area contributed by atoms with Gasteiger partial charge in [0.1, 0.15) is 5.75 Å². The molecule has 1 aliphatic rings. The molecule has 0 atom stereocenters. The second kappa shape index (κ2) is 4.04. The van der Waals surface area contributed by atoms with Crippen molar-refractivity contribution in [2.24, 2.45) is 0 Å². The highest BCUT2D eigenvalue weighted by molar-refractivity contribution is 5.35. The quantitative estimate of drug-likeness (QED) is 0.692. The standard InChI is InChI=1S/C13H18O/c1-10-7-8-13(11(2)9-10)14-12-5-3-4-6-12/h7-9,12H,3-6H2,1-2H3. The zero-order valence-electron chi connectivity index (χ0n) is 9.05. The van der Waals surface area contributed by atoms with Crippen molar-refractivity contribution in [3.8, 4) is 5.75 Å². The van der Waals surface area contributed by atoms with Gasteiger partial charge >= 0.3 is 0 Å². The number of hydrogen-bond acceptors (Lipinski definition) is 1. The van der Waals surface area contributed by atoms with Crippen LogP contribution in [0.25, 0.3) is 0 Å². The van der Waals surface area contributed by atoms with Gasteiger partial charge in [0, 0.05) is 0 Å². The van der Waals surface area contributed by atoms with Gasteiger partial charge in [0.15, 0.2) is 0 Å². The largest absolute Gasteiger partial charge is 0.490 e. The summed E-state index contributed by atoms with van der Waals surface area (Å²) < 4.78 is 5.96. The first-order chi connectivity index (χ1) is 6.75. The maximum absolute atomic E-state index is 5.96. The van der Waals surface area contributed by atoms with Crippen molar-refractivity contribution in [1.29, 1.82) is 0 Å². The van der Waals surface area contributed by atoms with Gasteiger partial charge in [0.2, 0.25) is 0 Å². The van der Waals surface area contributed by atoms with Crippen LogP contribution in [0.4, 0.5) is 0 Å². The van der Waals surface area contributed by atoms with Crippen LogP contribution < -0.4 is 4.74 Å². The molecule has 0 amide bonds. The lowest BCUT2D eigenvalue weighted by Gasteiger charge is -2.15. The molecule has 1 heteroatoms. The van der Waals surface area contributed by atoms with E-state index < -0.39 is 0 Å². The maximum Gasteiger partial charge on any atom is 0.122 e. The molecule has 1 nitrogen and oxygen atoms in total. The minimum atomic E-state index is 0.469. The molecule has 0 aromatic heterocycles. The SMILES string of the molecule is Cc1ccc(OC2CCCC2)c(C)c1. The normalized spacial score (nSPS) is 17.3. The van der Waals surface area contributed by atoms with Crippen LogP contribution in [-0.2, 0) is 0 Å². The van der Waals surface area contributed by atoms with Crippen molar-refractivity contribution >= 4 is 0 Å². The smallest absolute Gasteiger partial charge is 0.122 e. The third kappa shape index (κ3) is 2.09. The van der Waals surface area contributed by atoms with Crippen molar-refractivity contribution in [2.45, 2.75) is 45.6 Å². The Morgan fingerprint density at radius 2 is 1.86 bits per heavy atom. The Kier molecular flexibility index (Phi) is 2.76. The summed E-state index contributed by atoms with van der Waals surface area (Å²) in [6.07, 6.45) is 5.59. The van der Waals surface area contributed by atoms with Crippen LogP contribution in [-0.4, -0.2) is 6.10 Å². The Bertz CT molecular complexity index is 311. The molecule has 0 heterocycles. The fourth-order valence-electron chi connectivity index (χ4n) is 2.12. The van der Waals surface area contributed by atoms with Gasteiger partial charge in [-0.05, 0) is 51.2 Å². The zero-order chi connectivity index (χ0) is 9.97. The molecular formula is C13H18O. The average Bonchev–Trinajstić information content (AvgIpc) is 2.62. The Morgan fingerprint density at radius 3 is 2.50 bits per heavy atom. The lowest BCUT2D eigenvalue weighted by Crippen LogP contribution is -2.11. The summed E-state index contributed by atoms with van der Waals surface area (Å²) >= 11 is 0. The van der Waals surface area contributed by atoms with Gasteiger partial charge in [0.25, 0.3) is 0 Å². The fraction of sp³-hybridized carbons (Fsp3) is 0.538. The highest BCUT2D eigenvalue weighted by Gasteiger charge is 2.16. The summed E-state index contributed by atoms with van der Waals surface area (Å²) in [4.78, 5) is 0. The van der Waals surface area contributed by atoms with E-state index in [1.807, 2.05) is 0 Å². The van der Waals surface area contributed by atoms with Crippen LogP contribution >= 0.6 is 0 Å². The van der Waals surface area contributed by atoms with E-state index in [1.54, 1.807) is 0 Å². The van der Waals surface area contributed by atoms with Gasteiger partial charge < -0.3 is 4.74 Å². The first kappa shape index (κ1) is 9.57. The molecule has 14 heavy (non-hydrogen) atoms. The molecule has 1 aromatic rings. The summed E-state index contributed by atoms with van der Waals surface area (Å²) in [6, 6.07) is 6.41. The Labute approximate surface area is 86.1 Å². The van der Waals surface area contributed by atoms with Crippen LogP contribution in [0.15, 0.2) is 18.2 Å². The topological polar surface area (TPSA) is 9.23 Å². The highest BCUT2D eigenvalue weighted by Crippen LogP contribution is 2.26. The van der Waals surface area contributed by atoms with Crippen LogP contribution in [0.3, 0.4) is 0 Å². The number of aryl methyl sites for hydroxylation is 2. The van der Waals surface area contributed by atoms with Gasteiger partial charge in [0.05, 0.1) is 6.10 Å². The number of ether oxygens (including phenoxy) is 1. The second-order valence-corrected chi connectivity index (χ2v) is 4.29. The van der Waals surface area contributed by atoms with Gasteiger partial charge in [-0.15, -0.1) is 0 Å². The summed E-state index contributed by atoms with van der Waals surface area (Å²) in [5.74, 6) is 1.07. The molecular weight excluding hydrogens is 172 g/mol. The zero-order valence-corrected chi connectivity index (χ0v) is 9.05. The van der Waals surface area contributed by atoms with Crippen molar-refractivity contribution in [2.75, 3.05) is 0 Å². The van der Waals surface area contributed by atoms with E-state index in [4.69, 9.17) is 4.74 Å². The first-order valence-electron chi connectivity index (χ1n) is 5.49. The van der Waals surface area contributed by atoms with E-state index in [1.165, 1.54) is 36.8 Å². The van der Waals surface area contributed by atoms with E-state index in [2.05, 4.69) is 32.0 Å². The summed E-state index contributed by atoms with van der Waals surface area (Å²) in [6.45, 7) is 4.24. The van der Waals surface area contributed by atoms with Crippen molar-refractivity contribution < 1.29 is 4.74 Å². The predicted molar refractivity (Wildman–Crippen MR) is 58.8 cm³/mol. The molecule has 1 saturated carbocycles. The summed E-state index contributed by atoms with van der Waals surface area (Å²) in [5.41, 5.74) is 2.57. The molecule has 0 N–H and O–H groups in total. The minimum Gasteiger partial charge on any atom is -0.490 e. The molecule has 2 rings (SSSR count). The monoisotopic (exact) mass is 190 g/mol. The van der Waals surface area contributed by atoms with Crippen molar-refractivity contribution in [3.05, 3.63) is 29.3 Å². The molecule has 1 aliphatic carbocycles. The Balaban J connectivity index is 2.08. The number of benzene rings is 1. The van der Waals surface area contributed by atoms with Crippen molar-refractivity contribution in [1.82, 2.24) is 0 Å². The molecule has 0 unspecified atom stereocenters. The lowest BCUT2D eigenvalue weighted by atomic mass is 10.1. The van der Waals surface area contributed by atoms with E-state index in [-0.39, 0.29) is 0 Å². The van der Waals surface area contributed by atoms with Crippen LogP contribution in [0.5, 0.6) is 5.75 Å². The van der Waals surface area contributed by atoms with Crippen LogP contribution in [0.1, 0.15) is 36.8 Å². The predicted octanol–water partition coefficient (Wildman–Crippen LogP) is 3.62. The molecule has 0 bridgehead atoms. The third-order valence-corrected chi connectivity index (χ3v) is 2.93. The first-order valence-corrected chi connectivity index (χ1v) is 5.49. The number of hydrogen-bond donors (Lipinski definition) is 0. The Hall–Kier alpha value is -0.980. The molecule has 0 saturated heterocycles. The molecule has 0 spiro atoms. The fourth-order valence-corrected chi connectivity index (χ4v) is 2.12. The minimum absolute atomic E-state index is 0.469. The van der Waals surface area contributed by atoms with E-state index >= 15 is 0 Å². The second-order valence-electron chi connectivity index (χ2n) is 4.29. The average molecular weight is 190 g/mol. The van der Waals surface area contributed by atoms with Gasteiger partial charge in [-0.1, -0.05) is 17.7 Å². The van der Waals surface area contributed by atoms with E-state index in [0.29, 0.717) is 6.10 Å². The molecule has 0 aliphatic heterocycles. The van der Waals surface area contributed by atoms with Gasteiger partial charge in [-0.3, -0.25) is 0 Å². The van der Waals surface area contributed by atoms with Gasteiger partial charge in [-0.2, -0.15) is 0 Å². The van der Waals surface area contributed by atoms with Crippen LogP contribution in [0, 0.1) is 13.8 Å². The number of rotatable bonds is 2. The highest BCUT2D eigenvalue weighted by atomic mass is 16.5. The van der Waals surface area contributed by atoms with E-state index in [9.17, 15) is 0 Å². The van der Waals surface area contributed by atoms with Gasteiger partial charge in [-0.25, -0.2) is 0 Å². The molecule has 76 valence electrons. The lowest BCUT2D eigenvalue weighted by molar-refractivity contribution is 0.208. The molecule has 1 fully saturated rings. The maximum atomic E-state index is 5.96. The van der Waals surface area contributed by atoms with Crippen LogP contribution in [0.2, 0.25) is 0 Å². The molecule has 1 aromatic carbocycles. The molecule has 0 radical (unpaired) electrons. The summed E-state index contributed by atoms with van der Waals surface area (Å²) in [7, 11) is 0. The summed E-state index contributed by atoms with van der Waals surface area (Å²) in [5, 5.41) is 0. The van der Waals surface area contributed by atoms with E-state index in [0.717, 1.165) is 5.75 Å². The van der Waals surface area contributed by atoms with Crippen molar-refractivity contribution in [3.63, 3.8) is 0 Å². The third-order valence-electron chi connectivity index (χ3n) is 2.93.